The molecule has 1 aliphatic rings. The van der Waals surface area contributed by atoms with Crippen LogP contribution >= 0.6 is 24.0 Å². The molecule has 1 aliphatic heterocycles. The summed E-state index contributed by atoms with van der Waals surface area (Å²) in [7, 11) is 0. The molecule has 1 aromatic carbocycles. The van der Waals surface area contributed by atoms with Crippen LogP contribution in [0.4, 0.5) is 4.79 Å². The van der Waals surface area contributed by atoms with Crippen molar-refractivity contribution in [3.05, 3.63) is 64.1 Å². The van der Waals surface area contributed by atoms with Crippen molar-refractivity contribution in [2.75, 3.05) is 32.7 Å². The zero-order valence-corrected chi connectivity index (χ0v) is 18.5. The summed E-state index contributed by atoms with van der Waals surface area (Å²) in [5, 5.41) is -0.147. The quantitative estimate of drug-likeness (QED) is 0.570. The number of benzene rings is 1. The Labute approximate surface area is 185 Å². The highest BCUT2D eigenvalue weighted by atomic mass is 32.1. The Balaban J connectivity index is 1.24. The van der Waals surface area contributed by atoms with E-state index in [0.717, 1.165) is 43.1 Å². The molecule has 1 fully saturated rings. The van der Waals surface area contributed by atoms with Crippen LogP contribution in [0.3, 0.4) is 0 Å². The fourth-order valence-electron chi connectivity index (χ4n) is 3.45. The molecule has 158 valence electrons. The van der Waals surface area contributed by atoms with Crippen molar-refractivity contribution in [3.8, 4) is 5.75 Å². The summed E-state index contributed by atoms with van der Waals surface area (Å²) in [4.78, 5) is 29.6. The summed E-state index contributed by atoms with van der Waals surface area (Å²) in [6.07, 6.45) is 4.19. The van der Waals surface area contributed by atoms with Gasteiger partial charge in [0.15, 0.2) is 0 Å². The molecule has 7 nitrogen and oxygen atoms in total. The number of carbonyl (C=O) groups is 1. The minimum Gasteiger partial charge on any atom is -0.410 e. The number of imidazole rings is 1. The number of hydrogen-bond acceptors (Lipinski definition) is 7. The van der Waals surface area contributed by atoms with Gasteiger partial charge >= 0.3 is 6.09 Å². The molecule has 2 aromatic heterocycles. The van der Waals surface area contributed by atoms with E-state index in [0.29, 0.717) is 18.8 Å². The number of nitrogens with zero attached hydrogens (tertiary/aromatic N) is 4. The number of thiazole rings is 1. The van der Waals surface area contributed by atoms with Crippen molar-refractivity contribution in [1.82, 2.24) is 24.8 Å². The van der Waals surface area contributed by atoms with Crippen LogP contribution in [0, 0.1) is 6.92 Å². The Hall–Kier alpha value is -2.36. The van der Waals surface area contributed by atoms with Crippen LogP contribution in [0.15, 0.2) is 42.2 Å². The van der Waals surface area contributed by atoms with E-state index in [2.05, 4.69) is 39.4 Å². The number of aromatic amines is 1. The van der Waals surface area contributed by atoms with Crippen LogP contribution in [0.25, 0.3) is 0 Å². The first-order chi connectivity index (χ1) is 14.6. The highest BCUT2D eigenvalue weighted by molar-refractivity contribution is 7.80. The second-order valence-corrected chi connectivity index (χ2v) is 8.71. The molecule has 3 heterocycles. The van der Waals surface area contributed by atoms with Crippen molar-refractivity contribution in [2.45, 2.75) is 18.6 Å². The molecule has 9 heteroatoms. The largest absolute Gasteiger partial charge is 0.415 e. The first kappa shape index (κ1) is 20.9. The van der Waals surface area contributed by atoms with Gasteiger partial charge in [-0.15, -0.1) is 11.3 Å². The molecule has 0 spiro atoms. The molecular formula is C21H25N5O2S2. The van der Waals surface area contributed by atoms with E-state index in [4.69, 9.17) is 4.74 Å². The molecule has 1 unspecified atom stereocenters. The van der Waals surface area contributed by atoms with Gasteiger partial charge in [-0.1, -0.05) is 12.1 Å². The minimum atomic E-state index is -0.297. The molecule has 1 atom stereocenters. The summed E-state index contributed by atoms with van der Waals surface area (Å²) in [6, 6.07) is 7.41. The average molecular weight is 444 g/mol. The Morgan fingerprint density at radius 3 is 2.63 bits per heavy atom. The van der Waals surface area contributed by atoms with Crippen molar-refractivity contribution in [1.29, 1.82) is 0 Å². The zero-order chi connectivity index (χ0) is 20.9. The number of carbonyl (C=O) groups excluding carboxylic acids is 1. The molecule has 1 N–H and O–H groups in total. The number of hydrogen-bond donors (Lipinski definition) is 2. The summed E-state index contributed by atoms with van der Waals surface area (Å²) >= 11 is 6.31. The maximum Gasteiger partial charge on any atom is 0.415 e. The Morgan fingerprint density at radius 2 is 2.00 bits per heavy atom. The molecule has 1 amide bonds. The van der Waals surface area contributed by atoms with Gasteiger partial charge in [-0.05, 0) is 31.0 Å². The van der Waals surface area contributed by atoms with Crippen molar-refractivity contribution in [2.24, 2.45) is 0 Å². The van der Waals surface area contributed by atoms with Crippen molar-refractivity contribution < 1.29 is 9.53 Å². The van der Waals surface area contributed by atoms with Gasteiger partial charge in [-0.3, -0.25) is 4.90 Å². The fraction of sp³-hybridized carbons (Fsp3) is 0.381. The van der Waals surface area contributed by atoms with Crippen LogP contribution < -0.4 is 4.74 Å². The minimum absolute atomic E-state index is 0.147. The highest BCUT2D eigenvalue weighted by Gasteiger charge is 2.23. The van der Waals surface area contributed by atoms with Gasteiger partial charge < -0.3 is 14.6 Å². The third-order valence-corrected chi connectivity index (χ3v) is 6.85. The van der Waals surface area contributed by atoms with Crippen LogP contribution in [-0.4, -0.2) is 63.6 Å². The fourth-order valence-corrected chi connectivity index (χ4v) is 4.53. The summed E-state index contributed by atoms with van der Waals surface area (Å²) < 4.78 is 5.56. The van der Waals surface area contributed by atoms with Gasteiger partial charge in [-0.25, -0.2) is 14.8 Å². The number of ether oxygens (including phenoxy) is 1. The van der Waals surface area contributed by atoms with Gasteiger partial charge in [0.2, 0.25) is 0 Å². The number of H-pyrrole nitrogens is 1. The third kappa shape index (κ3) is 5.03. The Morgan fingerprint density at radius 1 is 1.23 bits per heavy atom. The monoisotopic (exact) mass is 443 g/mol. The van der Waals surface area contributed by atoms with E-state index in [-0.39, 0.29) is 11.3 Å². The smallest absolute Gasteiger partial charge is 0.410 e. The molecular weight excluding hydrogens is 418 g/mol. The molecule has 4 rings (SSSR count). The number of amides is 1. The highest BCUT2D eigenvalue weighted by Crippen LogP contribution is 2.27. The Bertz CT molecular complexity index is 950. The van der Waals surface area contributed by atoms with E-state index in [1.807, 2.05) is 17.6 Å². The third-order valence-electron chi connectivity index (χ3n) is 5.31. The summed E-state index contributed by atoms with van der Waals surface area (Å²) in [5.41, 5.74) is 4.01. The maximum absolute atomic E-state index is 12.5. The summed E-state index contributed by atoms with van der Waals surface area (Å²) in [6.45, 7) is 6.12. The molecule has 3 aromatic rings. The van der Waals surface area contributed by atoms with Crippen LogP contribution in [-0.2, 0) is 6.42 Å². The van der Waals surface area contributed by atoms with E-state index < -0.39 is 0 Å². The SMILES string of the molecule is Cc1ncsc1CCN1CCN(C(=O)Oc2ccc(C(S)c3ncc[nH]3)cc2)CC1. The number of aromatic nitrogens is 3. The number of nitrogens with one attached hydrogen (secondary N) is 1. The standard InChI is InChI=1S/C21H25N5O2S2/c1-15-18(30-14-24-15)6-9-25-10-12-26(13-11-25)21(27)28-17-4-2-16(3-5-17)19(29)20-22-7-8-23-20/h2-5,7-8,14,19,29H,6,9-13H2,1H3,(H,22,23). The number of thiol groups is 1. The first-order valence-corrected chi connectivity index (χ1v) is 11.3. The second kappa shape index (κ2) is 9.63. The van der Waals surface area contributed by atoms with Crippen LogP contribution in [0.5, 0.6) is 5.75 Å². The van der Waals surface area contributed by atoms with Gasteiger partial charge in [0.25, 0.3) is 0 Å². The maximum atomic E-state index is 12.5. The van der Waals surface area contributed by atoms with Gasteiger partial charge in [0, 0.05) is 50.0 Å². The van der Waals surface area contributed by atoms with E-state index in [1.54, 1.807) is 40.8 Å². The predicted molar refractivity (Wildman–Crippen MR) is 120 cm³/mol. The molecule has 1 saturated heterocycles. The molecule has 0 bridgehead atoms. The molecule has 0 aliphatic carbocycles. The van der Waals surface area contributed by atoms with E-state index in [1.165, 1.54) is 4.88 Å². The van der Waals surface area contributed by atoms with E-state index in [9.17, 15) is 4.79 Å². The molecule has 30 heavy (non-hydrogen) atoms. The predicted octanol–water partition coefficient (Wildman–Crippen LogP) is 3.55. The zero-order valence-electron chi connectivity index (χ0n) is 16.8. The molecule has 0 saturated carbocycles. The second-order valence-electron chi connectivity index (χ2n) is 7.25. The van der Waals surface area contributed by atoms with Crippen molar-refractivity contribution in [3.63, 3.8) is 0 Å². The molecule has 0 radical (unpaired) electrons. The lowest BCUT2D eigenvalue weighted by Crippen LogP contribution is -2.49. The summed E-state index contributed by atoms with van der Waals surface area (Å²) in [5.74, 6) is 1.32. The van der Waals surface area contributed by atoms with Crippen molar-refractivity contribution >= 4 is 30.1 Å². The Kier molecular flexibility index (Phi) is 6.71. The lowest BCUT2D eigenvalue weighted by molar-refractivity contribution is 0.111. The van der Waals surface area contributed by atoms with Crippen LogP contribution in [0.1, 0.15) is 27.2 Å². The lowest BCUT2D eigenvalue weighted by Gasteiger charge is -2.33. The average Bonchev–Trinajstić information content (AvgIpc) is 3.45. The number of aryl methyl sites for hydroxylation is 1. The normalized spacial score (nSPS) is 15.9. The van der Waals surface area contributed by atoms with Gasteiger partial charge in [0.1, 0.15) is 11.6 Å². The number of piperazine rings is 1. The lowest BCUT2D eigenvalue weighted by atomic mass is 10.1. The van der Waals surface area contributed by atoms with Gasteiger partial charge in [0.05, 0.1) is 16.5 Å². The van der Waals surface area contributed by atoms with E-state index >= 15 is 0 Å². The topological polar surface area (TPSA) is 74.3 Å². The van der Waals surface area contributed by atoms with Gasteiger partial charge in [-0.2, -0.15) is 12.6 Å². The first-order valence-electron chi connectivity index (χ1n) is 9.95. The number of rotatable bonds is 6. The van der Waals surface area contributed by atoms with Crippen LogP contribution in [0.2, 0.25) is 0 Å².